The minimum absolute atomic E-state index is 0.179. The summed E-state index contributed by atoms with van der Waals surface area (Å²) in [5, 5.41) is 13.9. The van der Waals surface area contributed by atoms with Gasteiger partial charge in [-0.25, -0.2) is 13.6 Å². The maximum atomic E-state index is 11.3. The highest BCUT2D eigenvalue weighted by Crippen LogP contribution is 2.29. The SMILES string of the molecule is NS(=O)(=O)c1ccc2c(c1)CCN2CCCCO. The Morgan fingerprint density at radius 3 is 2.78 bits per heavy atom. The number of unbranched alkanes of at least 4 members (excludes halogenated alkanes) is 1. The number of nitrogens with two attached hydrogens (primary N) is 1. The first-order valence-electron chi connectivity index (χ1n) is 6.04. The van der Waals surface area contributed by atoms with Gasteiger partial charge in [0.25, 0.3) is 0 Å². The highest BCUT2D eigenvalue weighted by molar-refractivity contribution is 7.89. The molecule has 0 unspecified atom stereocenters. The van der Waals surface area contributed by atoms with Crippen LogP contribution >= 0.6 is 0 Å². The van der Waals surface area contributed by atoms with Crippen molar-refractivity contribution in [3.05, 3.63) is 23.8 Å². The number of nitrogens with zero attached hydrogens (tertiary/aromatic N) is 1. The van der Waals surface area contributed by atoms with Gasteiger partial charge in [-0.2, -0.15) is 0 Å². The van der Waals surface area contributed by atoms with Gasteiger partial charge in [0, 0.05) is 25.4 Å². The van der Waals surface area contributed by atoms with Crippen LogP contribution in [0.4, 0.5) is 5.69 Å². The van der Waals surface area contributed by atoms with Gasteiger partial charge in [-0.3, -0.25) is 0 Å². The molecule has 5 nitrogen and oxygen atoms in total. The van der Waals surface area contributed by atoms with Crippen molar-refractivity contribution in [1.29, 1.82) is 0 Å². The quantitative estimate of drug-likeness (QED) is 0.762. The van der Waals surface area contributed by atoms with E-state index < -0.39 is 10.0 Å². The molecular formula is C12H18N2O3S. The van der Waals surface area contributed by atoms with Gasteiger partial charge < -0.3 is 10.0 Å². The number of hydrogen-bond donors (Lipinski definition) is 2. The molecular weight excluding hydrogens is 252 g/mol. The van der Waals surface area contributed by atoms with Crippen LogP contribution < -0.4 is 10.0 Å². The molecule has 0 amide bonds. The third-order valence-corrected chi connectivity index (χ3v) is 4.12. The zero-order valence-electron chi connectivity index (χ0n) is 10.2. The number of rotatable bonds is 5. The van der Waals surface area contributed by atoms with Crippen LogP contribution in [0.1, 0.15) is 18.4 Å². The highest BCUT2D eigenvalue weighted by Gasteiger charge is 2.20. The molecule has 0 saturated heterocycles. The number of primary sulfonamides is 1. The molecule has 1 aromatic rings. The highest BCUT2D eigenvalue weighted by atomic mass is 32.2. The maximum absolute atomic E-state index is 11.3. The number of aliphatic hydroxyl groups is 1. The summed E-state index contributed by atoms with van der Waals surface area (Å²) in [5.41, 5.74) is 2.12. The molecule has 6 heteroatoms. The molecule has 0 spiro atoms. The zero-order valence-corrected chi connectivity index (χ0v) is 11.0. The summed E-state index contributed by atoms with van der Waals surface area (Å²) in [5.74, 6) is 0. The smallest absolute Gasteiger partial charge is 0.238 e. The van der Waals surface area contributed by atoms with Gasteiger partial charge in [0.05, 0.1) is 4.90 Å². The van der Waals surface area contributed by atoms with Crippen LogP contribution in [0.3, 0.4) is 0 Å². The third-order valence-electron chi connectivity index (χ3n) is 3.21. The van der Waals surface area contributed by atoms with Gasteiger partial charge in [0.15, 0.2) is 0 Å². The number of fused-ring (bicyclic) bond motifs is 1. The van der Waals surface area contributed by atoms with E-state index in [0.717, 1.165) is 43.6 Å². The van der Waals surface area contributed by atoms with E-state index in [1.807, 2.05) is 6.07 Å². The van der Waals surface area contributed by atoms with Crippen LogP contribution in [0, 0.1) is 0 Å². The Kier molecular flexibility index (Phi) is 3.89. The monoisotopic (exact) mass is 270 g/mol. The summed E-state index contributed by atoms with van der Waals surface area (Å²) in [7, 11) is -3.61. The number of hydrogen-bond acceptors (Lipinski definition) is 4. The van der Waals surface area contributed by atoms with Gasteiger partial charge in [-0.1, -0.05) is 0 Å². The lowest BCUT2D eigenvalue weighted by molar-refractivity contribution is 0.285. The average Bonchev–Trinajstić information content (AvgIpc) is 2.71. The van der Waals surface area contributed by atoms with Crippen LogP contribution in [0.5, 0.6) is 0 Å². The van der Waals surface area contributed by atoms with Crippen LogP contribution in [0.15, 0.2) is 23.1 Å². The molecule has 0 fully saturated rings. The summed E-state index contributed by atoms with van der Waals surface area (Å²) in [6.07, 6.45) is 2.58. The topological polar surface area (TPSA) is 83.6 Å². The normalized spacial score (nSPS) is 14.9. The van der Waals surface area contributed by atoms with Crippen molar-refractivity contribution in [3.63, 3.8) is 0 Å². The summed E-state index contributed by atoms with van der Waals surface area (Å²) in [4.78, 5) is 2.40. The number of aliphatic hydroxyl groups excluding tert-OH is 1. The Morgan fingerprint density at radius 2 is 2.11 bits per heavy atom. The summed E-state index contributed by atoms with van der Waals surface area (Å²) in [6.45, 7) is 2.00. The fraction of sp³-hybridized carbons (Fsp3) is 0.500. The van der Waals surface area contributed by atoms with Crippen molar-refractivity contribution < 1.29 is 13.5 Å². The summed E-state index contributed by atoms with van der Waals surface area (Å²) >= 11 is 0. The van der Waals surface area contributed by atoms with E-state index in [2.05, 4.69) is 4.90 Å². The van der Waals surface area contributed by atoms with Gasteiger partial charge >= 0.3 is 0 Å². The molecule has 0 atom stereocenters. The van der Waals surface area contributed by atoms with E-state index in [-0.39, 0.29) is 11.5 Å². The first-order valence-corrected chi connectivity index (χ1v) is 7.58. The average molecular weight is 270 g/mol. The predicted octanol–water partition coefficient (Wildman–Crippen LogP) is 0.469. The molecule has 2 rings (SSSR count). The van der Waals surface area contributed by atoms with Crippen molar-refractivity contribution in [1.82, 2.24) is 0 Å². The molecule has 1 heterocycles. The maximum Gasteiger partial charge on any atom is 0.238 e. The molecule has 1 aliphatic rings. The van der Waals surface area contributed by atoms with Crippen molar-refractivity contribution >= 4 is 15.7 Å². The van der Waals surface area contributed by atoms with E-state index in [1.54, 1.807) is 12.1 Å². The largest absolute Gasteiger partial charge is 0.396 e. The van der Waals surface area contributed by atoms with Crippen molar-refractivity contribution in [3.8, 4) is 0 Å². The third kappa shape index (κ3) is 2.82. The Balaban J connectivity index is 2.15. The summed E-state index contributed by atoms with van der Waals surface area (Å²) < 4.78 is 22.5. The first kappa shape index (κ1) is 13.3. The Labute approximate surface area is 107 Å². The second-order valence-electron chi connectivity index (χ2n) is 4.50. The van der Waals surface area contributed by atoms with Gasteiger partial charge in [-0.15, -0.1) is 0 Å². The lowest BCUT2D eigenvalue weighted by Crippen LogP contribution is -2.21. The van der Waals surface area contributed by atoms with E-state index in [9.17, 15) is 8.42 Å². The molecule has 0 aromatic heterocycles. The van der Waals surface area contributed by atoms with Crippen LogP contribution in [-0.4, -0.2) is 33.2 Å². The molecule has 1 aromatic carbocycles. The summed E-state index contributed by atoms with van der Waals surface area (Å²) in [6, 6.07) is 5.04. The number of benzene rings is 1. The second-order valence-corrected chi connectivity index (χ2v) is 6.06. The zero-order chi connectivity index (χ0) is 13.2. The lowest BCUT2D eigenvalue weighted by Gasteiger charge is -2.19. The molecule has 18 heavy (non-hydrogen) atoms. The van der Waals surface area contributed by atoms with Crippen LogP contribution in [-0.2, 0) is 16.4 Å². The lowest BCUT2D eigenvalue weighted by atomic mass is 10.2. The first-order chi connectivity index (χ1) is 8.52. The fourth-order valence-corrected chi connectivity index (χ4v) is 2.83. The predicted molar refractivity (Wildman–Crippen MR) is 70.1 cm³/mol. The molecule has 1 aliphatic heterocycles. The van der Waals surface area contributed by atoms with Gasteiger partial charge in [-0.05, 0) is 43.0 Å². The van der Waals surface area contributed by atoms with Crippen molar-refractivity contribution in [2.45, 2.75) is 24.2 Å². The molecule has 0 radical (unpaired) electrons. The Hall–Kier alpha value is -1.11. The van der Waals surface area contributed by atoms with Gasteiger partial charge in [0.1, 0.15) is 0 Å². The van der Waals surface area contributed by atoms with E-state index in [4.69, 9.17) is 10.2 Å². The van der Waals surface area contributed by atoms with Crippen LogP contribution in [0.25, 0.3) is 0 Å². The standard InChI is InChI=1S/C12H18N2O3S/c13-18(16,17)11-3-4-12-10(9-11)5-7-14(12)6-1-2-8-15/h3-4,9,15H,1-2,5-8H2,(H2,13,16,17). The van der Waals surface area contributed by atoms with Crippen LogP contribution in [0.2, 0.25) is 0 Å². The molecule has 3 N–H and O–H groups in total. The second kappa shape index (κ2) is 5.26. The number of sulfonamides is 1. The number of anilines is 1. The van der Waals surface area contributed by atoms with E-state index >= 15 is 0 Å². The molecule has 100 valence electrons. The van der Waals surface area contributed by atoms with E-state index in [0.29, 0.717) is 0 Å². The molecule has 0 aliphatic carbocycles. The van der Waals surface area contributed by atoms with Crippen molar-refractivity contribution in [2.75, 3.05) is 24.6 Å². The minimum atomic E-state index is -3.61. The van der Waals surface area contributed by atoms with Gasteiger partial charge in [0.2, 0.25) is 10.0 Å². The Morgan fingerprint density at radius 1 is 1.33 bits per heavy atom. The van der Waals surface area contributed by atoms with Crippen molar-refractivity contribution in [2.24, 2.45) is 5.14 Å². The van der Waals surface area contributed by atoms with E-state index in [1.165, 1.54) is 0 Å². The molecule has 0 saturated carbocycles. The fourth-order valence-electron chi connectivity index (χ4n) is 2.27. The Bertz CT molecular complexity index is 528. The minimum Gasteiger partial charge on any atom is -0.396 e. The molecule has 0 bridgehead atoms.